The molecule has 1 nitrogen and oxygen atoms in total. The van der Waals surface area contributed by atoms with E-state index in [9.17, 15) is 0 Å². The summed E-state index contributed by atoms with van der Waals surface area (Å²) < 4.78 is 0. The molecule has 0 aliphatic rings. The van der Waals surface area contributed by atoms with E-state index >= 15 is 0 Å². The van der Waals surface area contributed by atoms with Crippen molar-refractivity contribution in [3.8, 4) is 44.5 Å². The van der Waals surface area contributed by atoms with Crippen LogP contribution in [0.5, 0.6) is 0 Å². The minimum Gasteiger partial charge on any atom is -0.265 e. The summed E-state index contributed by atoms with van der Waals surface area (Å²) in [4.78, 5) is 4.17. The highest BCUT2D eigenvalue weighted by Gasteiger charge is 2.17. The topological polar surface area (TPSA) is 12.9 Å². The normalized spacial score (nSPS) is 11.3. The summed E-state index contributed by atoms with van der Waals surface area (Å²) in [5, 5.41) is 7.57. The summed E-state index contributed by atoms with van der Waals surface area (Å²) >= 11 is 0. The third kappa shape index (κ3) is 4.15. The van der Waals surface area contributed by atoms with Gasteiger partial charge in [0.25, 0.3) is 0 Å². The van der Waals surface area contributed by atoms with Crippen molar-refractivity contribution in [1.82, 2.24) is 4.98 Å². The van der Waals surface area contributed by atoms with Crippen molar-refractivity contribution < 1.29 is 0 Å². The van der Waals surface area contributed by atoms with Crippen LogP contribution in [0.2, 0.25) is 0 Å². The third-order valence-electron chi connectivity index (χ3n) is 8.36. The molecule has 0 aliphatic carbocycles. The second-order valence-corrected chi connectivity index (χ2v) is 10.8. The van der Waals surface area contributed by atoms with Gasteiger partial charge in [0.05, 0.1) is 0 Å². The van der Waals surface area contributed by atoms with E-state index in [-0.39, 0.29) is 0 Å². The minimum atomic E-state index is 1.17. The number of fused-ring (bicyclic) bond motifs is 3. The van der Waals surface area contributed by atoms with Crippen LogP contribution < -0.4 is 0 Å². The molecule has 0 unspecified atom stereocenters. The lowest BCUT2D eigenvalue weighted by atomic mass is 9.84. The van der Waals surface area contributed by atoms with Crippen molar-refractivity contribution in [2.75, 3.05) is 0 Å². The lowest BCUT2D eigenvalue weighted by Gasteiger charge is -2.19. The Balaban J connectivity index is 1.41. The zero-order valence-electron chi connectivity index (χ0n) is 23.0. The standard InChI is InChI=1S/C41H27N/c1-2-9-32(10-3-1)40-36-12-6-7-13-37(36)41(35-19-18-28-8-4-5-11-33(28)26-35)39-27-34(20-21-38(39)40)30-16-14-29(15-17-30)31-22-24-42-25-23-31/h1-27H. The second kappa shape index (κ2) is 10.1. The summed E-state index contributed by atoms with van der Waals surface area (Å²) in [6.45, 7) is 0. The van der Waals surface area contributed by atoms with Crippen molar-refractivity contribution >= 4 is 32.3 Å². The van der Waals surface area contributed by atoms with Crippen LogP contribution in [-0.4, -0.2) is 4.98 Å². The first-order chi connectivity index (χ1) is 20.8. The molecule has 196 valence electrons. The predicted molar refractivity (Wildman–Crippen MR) is 178 cm³/mol. The maximum absolute atomic E-state index is 4.17. The molecule has 0 radical (unpaired) electrons. The van der Waals surface area contributed by atoms with Gasteiger partial charge in [-0.3, -0.25) is 4.98 Å². The Morgan fingerprint density at radius 1 is 0.286 bits per heavy atom. The summed E-state index contributed by atoms with van der Waals surface area (Å²) in [7, 11) is 0. The Morgan fingerprint density at radius 3 is 1.55 bits per heavy atom. The maximum atomic E-state index is 4.17. The van der Waals surface area contributed by atoms with E-state index in [0.29, 0.717) is 0 Å². The number of benzene rings is 7. The Hall–Kier alpha value is -5.53. The van der Waals surface area contributed by atoms with E-state index in [1.165, 1.54) is 76.8 Å². The van der Waals surface area contributed by atoms with E-state index in [1.807, 2.05) is 12.4 Å². The number of rotatable bonds is 4. The fourth-order valence-corrected chi connectivity index (χ4v) is 6.33. The van der Waals surface area contributed by atoms with Crippen LogP contribution in [0, 0.1) is 0 Å². The lowest BCUT2D eigenvalue weighted by molar-refractivity contribution is 1.33. The molecular formula is C41H27N. The van der Waals surface area contributed by atoms with Crippen molar-refractivity contribution in [2.24, 2.45) is 0 Å². The predicted octanol–water partition coefficient (Wildman–Crippen LogP) is 11.2. The molecule has 0 amide bonds. The quantitative estimate of drug-likeness (QED) is 0.205. The fourth-order valence-electron chi connectivity index (χ4n) is 6.33. The van der Waals surface area contributed by atoms with Gasteiger partial charge in [0.1, 0.15) is 0 Å². The highest BCUT2D eigenvalue weighted by atomic mass is 14.6. The van der Waals surface area contributed by atoms with Crippen LogP contribution in [-0.2, 0) is 0 Å². The molecule has 0 aliphatic heterocycles. The van der Waals surface area contributed by atoms with Gasteiger partial charge in [0, 0.05) is 12.4 Å². The van der Waals surface area contributed by atoms with Gasteiger partial charge in [-0.25, -0.2) is 0 Å². The zero-order chi connectivity index (χ0) is 27.9. The first-order valence-corrected chi connectivity index (χ1v) is 14.4. The summed E-state index contributed by atoms with van der Waals surface area (Å²) in [5.74, 6) is 0. The van der Waals surface area contributed by atoms with E-state index in [2.05, 4.69) is 157 Å². The Labute approximate surface area is 245 Å². The molecule has 1 heterocycles. The first-order valence-electron chi connectivity index (χ1n) is 14.4. The number of nitrogens with zero attached hydrogens (tertiary/aromatic N) is 1. The molecule has 7 aromatic carbocycles. The molecule has 1 heteroatoms. The van der Waals surface area contributed by atoms with Gasteiger partial charge >= 0.3 is 0 Å². The van der Waals surface area contributed by atoms with Gasteiger partial charge in [-0.15, -0.1) is 0 Å². The molecule has 0 saturated heterocycles. The minimum absolute atomic E-state index is 1.17. The molecule has 0 fully saturated rings. The largest absolute Gasteiger partial charge is 0.265 e. The van der Waals surface area contributed by atoms with Crippen LogP contribution in [0.1, 0.15) is 0 Å². The number of aromatic nitrogens is 1. The highest BCUT2D eigenvalue weighted by Crippen LogP contribution is 2.45. The fraction of sp³-hybridized carbons (Fsp3) is 0. The SMILES string of the molecule is c1ccc(-c2c3ccccc3c(-c3ccc4ccccc4c3)c3cc(-c4ccc(-c5ccncc5)cc4)ccc23)cc1. The molecule has 0 spiro atoms. The molecule has 8 aromatic rings. The summed E-state index contributed by atoms with van der Waals surface area (Å²) in [6.07, 6.45) is 3.69. The van der Waals surface area contributed by atoms with Crippen LogP contribution in [0.3, 0.4) is 0 Å². The second-order valence-electron chi connectivity index (χ2n) is 10.8. The number of pyridine rings is 1. The van der Waals surface area contributed by atoms with Crippen LogP contribution in [0.15, 0.2) is 164 Å². The van der Waals surface area contributed by atoms with Gasteiger partial charge in [-0.1, -0.05) is 127 Å². The Bertz CT molecular complexity index is 2210. The average Bonchev–Trinajstić information content (AvgIpc) is 3.07. The smallest absolute Gasteiger partial charge is 0.0273 e. The van der Waals surface area contributed by atoms with Crippen LogP contribution in [0.4, 0.5) is 0 Å². The van der Waals surface area contributed by atoms with Crippen molar-refractivity contribution in [1.29, 1.82) is 0 Å². The van der Waals surface area contributed by atoms with E-state index in [4.69, 9.17) is 0 Å². The molecule has 0 atom stereocenters. The summed E-state index contributed by atoms with van der Waals surface area (Å²) in [6, 6.07) is 55.1. The van der Waals surface area contributed by atoms with Gasteiger partial charge in [-0.2, -0.15) is 0 Å². The van der Waals surface area contributed by atoms with E-state index in [1.54, 1.807) is 0 Å². The van der Waals surface area contributed by atoms with Crippen molar-refractivity contribution in [3.05, 3.63) is 164 Å². The van der Waals surface area contributed by atoms with Gasteiger partial charge < -0.3 is 0 Å². The van der Waals surface area contributed by atoms with E-state index in [0.717, 1.165) is 0 Å². The molecule has 0 bridgehead atoms. The molecular weight excluding hydrogens is 506 g/mol. The van der Waals surface area contributed by atoms with Crippen LogP contribution in [0.25, 0.3) is 76.8 Å². The highest BCUT2D eigenvalue weighted by molar-refractivity contribution is 6.22. The number of hydrogen-bond acceptors (Lipinski definition) is 1. The Kier molecular flexibility index (Phi) is 5.86. The first kappa shape index (κ1) is 24.3. The van der Waals surface area contributed by atoms with Crippen LogP contribution >= 0.6 is 0 Å². The molecule has 0 saturated carbocycles. The van der Waals surface area contributed by atoms with Gasteiger partial charge in [0.15, 0.2) is 0 Å². The average molecular weight is 534 g/mol. The van der Waals surface area contributed by atoms with Gasteiger partial charge in [0.2, 0.25) is 0 Å². The van der Waals surface area contributed by atoms with Crippen molar-refractivity contribution in [3.63, 3.8) is 0 Å². The molecule has 42 heavy (non-hydrogen) atoms. The maximum Gasteiger partial charge on any atom is 0.0273 e. The monoisotopic (exact) mass is 533 g/mol. The van der Waals surface area contributed by atoms with Gasteiger partial charge in [-0.05, 0) is 101 Å². The number of hydrogen-bond donors (Lipinski definition) is 0. The molecule has 0 N–H and O–H groups in total. The van der Waals surface area contributed by atoms with Crippen molar-refractivity contribution in [2.45, 2.75) is 0 Å². The Morgan fingerprint density at radius 2 is 0.810 bits per heavy atom. The van der Waals surface area contributed by atoms with E-state index < -0.39 is 0 Å². The summed E-state index contributed by atoms with van der Waals surface area (Å²) in [5.41, 5.74) is 9.81. The molecule has 1 aromatic heterocycles. The lowest BCUT2D eigenvalue weighted by Crippen LogP contribution is -1.92. The zero-order valence-corrected chi connectivity index (χ0v) is 23.0. The third-order valence-corrected chi connectivity index (χ3v) is 8.36. The molecule has 8 rings (SSSR count).